The van der Waals surface area contributed by atoms with Gasteiger partial charge in [0.05, 0.1) is 0 Å². The minimum atomic E-state index is 0.352. The summed E-state index contributed by atoms with van der Waals surface area (Å²) in [4.78, 5) is 0. The van der Waals surface area contributed by atoms with Crippen molar-refractivity contribution in [1.82, 2.24) is 0 Å². The summed E-state index contributed by atoms with van der Waals surface area (Å²) in [5, 5.41) is 0.523. The third-order valence-corrected chi connectivity index (χ3v) is 6.41. The summed E-state index contributed by atoms with van der Waals surface area (Å²) in [6.45, 7) is 16.8. The van der Waals surface area contributed by atoms with Crippen molar-refractivity contribution in [3.8, 4) is 0 Å². The standard InChI is InChI=1S/C14H28S/c1-9-10(2)13(4,5)8-12(15)14(6,7)11(9)3/h9-12,15H,8H2,1-7H3/t9?,10?,11?,12-/m1/s1. The van der Waals surface area contributed by atoms with Gasteiger partial charge >= 0.3 is 0 Å². The van der Waals surface area contributed by atoms with E-state index in [9.17, 15) is 0 Å². The highest BCUT2D eigenvalue weighted by Crippen LogP contribution is 2.52. The van der Waals surface area contributed by atoms with E-state index in [2.05, 4.69) is 48.5 Å². The minimum Gasteiger partial charge on any atom is -0.175 e. The Kier molecular flexibility index (Phi) is 3.56. The summed E-state index contributed by atoms with van der Waals surface area (Å²) < 4.78 is 0. The molecule has 15 heavy (non-hydrogen) atoms. The van der Waals surface area contributed by atoms with E-state index in [1.54, 1.807) is 0 Å². The molecule has 1 aliphatic carbocycles. The maximum atomic E-state index is 4.86. The molecule has 1 fully saturated rings. The lowest BCUT2D eigenvalue weighted by Crippen LogP contribution is -2.34. The van der Waals surface area contributed by atoms with E-state index in [4.69, 9.17) is 12.6 Å². The van der Waals surface area contributed by atoms with Gasteiger partial charge in [0.15, 0.2) is 0 Å². The smallest absolute Gasteiger partial charge is 0.00758 e. The zero-order chi connectivity index (χ0) is 12.0. The first kappa shape index (κ1) is 13.4. The first-order valence-corrected chi connectivity index (χ1v) is 6.80. The molecule has 1 saturated carbocycles. The summed E-state index contributed by atoms with van der Waals surface area (Å²) in [7, 11) is 0. The highest BCUT2D eigenvalue weighted by Gasteiger charge is 2.46. The first-order valence-electron chi connectivity index (χ1n) is 6.28. The topological polar surface area (TPSA) is 0 Å². The van der Waals surface area contributed by atoms with Crippen LogP contribution < -0.4 is 0 Å². The van der Waals surface area contributed by atoms with Crippen molar-refractivity contribution in [2.45, 2.75) is 60.1 Å². The molecule has 0 bridgehead atoms. The molecule has 0 aromatic carbocycles. The largest absolute Gasteiger partial charge is 0.175 e. The van der Waals surface area contributed by atoms with Gasteiger partial charge < -0.3 is 0 Å². The lowest BCUT2D eigenvalue weighted by molar-refractivity contribution is 0.118. The average Bonchev–Trinajstić information content (AvgIpc) is 2.14. The molecule has 0 aromatic rings. The predicted molar refractivity (Wildman–Crippen MR) is 72.4 cm³/mol. The molecule has 0 nitrogen and oxygen atoms in total. The molecular weight excluding hydrogens is 200 g/mol. The Balaban J connectivity index is 3.08. The van der Waals surface area contributed by atoms with E-state index in [0.29, 0.717) is 16.1 Å². The quantitative estimate of drug-likeness (QED) is 0.453. The van der Waals surface area contributed by atoms with Gasteiger partial charge in [0.25, 0.3) is 0 Å². The van der Waals surface area contributed by atoms with E-state index in [1.807, 2.05) is 0 Å². The van der Waals surface area contributed by atoms with Gasteiger partial charge in [0.2, 0.25) is 0 Å². The first-order chi connectivity index (χ1) is 6.60. The van der Waals surface area contributed by atoms with Crippen LogP contribution in [0.15, 0.2) is 0 Å². The van der Waals surface area contributed by atoms with Crippen molar-refractivity contribution >= 4 is 12.6 Å². The normalized spacial score (nSPS) is 44.8. The molecule has 4 atom stereocenters. The monoisotopic (exact) mass is 228 g/mol. The van der Waals surface area contributed by atoms with Crippen LogP contribution in [0.4, 0.5) is 0 Å². The SMILES string of the molecule is CC1C(C)C(C)(C)C[C@@H](S)C(C)(C)C1C. The molecule has 90 valence electrons. The Labute approximate surface area is 102 Å². The molecule has 0 N–H and O–H groups in total. The zero-order valence-electron chi connectivity index (χ0n) is 11.5. The van der Waals surface area contributed by atoms with Gasteiger partial charge in [-0.3, -0.25) is 0 Å². The number of thiol groups is 1. The van der Waals surface area contributed by atoms with Crippen LogP contribution in [0.3, 0.4) is 0 Å². The Hall–Kier alpha value is 0.350. The Morgan fingerprint density at radius 2 is 1.40 bits per heavy atom. The van der Waals surface area contributed by atoms with E-state index in [-0.39, 0.29) is 0 Å². The minimum absolute atomic E-state index is 0.352. The molecule has 1 heteroatoms. The summed E-state index contributed by atoms with van der Waals surface area (Å²) in [5.74, 6) is 2.31. The number of hydrogen-bond acceptors (Lipinski definition) is 1. The zero-order valence-corrected chi connectivity index (χ0v) is 12.4. The van der Waals surface area contributed by atoms with Gasteiger partial charge in [-0.05, 0) is 35.0 Å². The maximum absolute atomic E-state index is 4.86. The molecule has 0 amide bonds. The summed E-state index contributed by atoms with van der Waals surface area (Å²) >= 11 is 4.86. The lowest BCUT2D eigenvalue weighted by Gasteiger charge is -2.38. The molecule has 0 saturated heterocycles. The van der Waals surface area contributed by atoms with Crippen molar-refractivity contribution in [3.05, 3.63) is 0 Å². The van der Waals surface area contributed by atoms with Gasteiger partial charge in [-0.1, -0.05) is 48.5 Å². The molecule has 1 rings (SSSR count). The fourth-order valence-electron chi connectivity index (χ4n) is 3.07. The van der Waals surface area contributed by atoms with Gasteiger partial charge in [-0.15, -0.1) is 0 Å². The second kappa shape index (κ2) is 3.98. The van der Waals surface area contributed by atoms with Crippen LogP contribution >= 0.6 is 12.6 Å². The average molecular weight is 228 g/mol. The predicted octanol–water partition coefficient (Wildman–Crippen LogP) is 4.65. The van der Waals surface area contributed by atoms with Crippen LogP contribution in [0.5, 0.6) is 0 Å². The third-order valence-electron chi connectivity index (χ3n) is 5.56. The highest BCUT2D eigenvalue weighted by atomic mass is 32.1. The van der Waals surface area contributed by atoms with Crippen LogP contribution in [0.2, 0.25) is 0 Å². The summed E-state index contributed by atoms with van der Waals surface area (Å²) in [6.07, 6.45) is 1.24. The second-order valence-corrected chi connectivity index (χ2v) is 7.59. The van der Waals surface area contributed by atoms with E-state index < -0.39 is 0 Å². The van der Waals surface area contributed by atoms with Crippen LogP contribution in [0, 0.1) is 28.6 Å². The highest BCUT2D eigenvalue weighted by molar-refractivity contribution is 7.81. The second-order valence-electron chi connectivity index (χ2n) is 6.97. The van der Waals surface area contributed by atoms with E-state index >= 15 is 0 Å². The molecule has 0 aromatic heterocycles. The third kappa shape index (κ3) is 2.23. The van der Waals surface area contributed by atoms with E-state index in [0.717, 1.165) is 17.8 Å². The van der Waals surface area contributed by atoms with E-state index in [1.165, 1.54) is 6.42 Å². The lowest BCUT2D eigenvalue weighted by atomic mass is 9.68. The van der Waals surface area contributed by atoms with Gasteiger partial charge in [0.1, 0.15) is 0 Å². The fraction of sp³-hybridized carbons (Fsp3) is 1.00. The van der Waals surface area contributed by atoms with Crippen LogP contribution in [0.25, 0.3) is 0 Å². The molecule has 0 spiro atoms. The van der Waals surface area contributed by atoms with Crippen LogP contribution in [0.1, 0.15) is 54.9 Å². The van der Waals surface area contributed by atoms with Crippen molar-refractivity contribution in [2.75, 3.05) is 0 Å². The maximum Gasteiger partial charge on any atom is 0.00758 e. The van der Waals surface area contributed by atoms with Gasteiger partial charge in [-0.2, -0.15) is 12.6 Å². The van der Waals surface area contributed by atoms with Crippen LogP contribution in [-0.2, 0) is 0 Å². The number of hydrogen-bond donors (Lipinski definition) is 1. The van der Waals surface area contributed by atoms with Crippen molar-refractivity contribution in [1.29, 1.82) is 0 Å². The molecule has 0 heterocycles. The van der Waals surface area contributed by atoms with Crippen molar-refractivity contribution in [2.24, 2.45) is 28.6 Å². The summed E-state index contributed by atoms with van der Waals surface area (Å²) in [6, 6.07) is 0. The Morgan fingerprint density at radius 1 is 0.933 bits per heavy atom. The Morgan fingerprint density at radius 3 is 1.87 bits per heavy atom. The van der Waals surface area contributed by atoms with Crippen molar-refractivity contribution < 1.29 is 0 Å². The molecule has 0 radical (unpaired) electrons. The molecule has 1 aliphatic rings. The fourth-order valence-corrected chi connectivity index (χ4v) is 3.78. The molecule has 3 unspecified atom stereocenters. The van der Waals surface area contributed by atoms with Crippen molar-refractivity contribution in [3.63, 3.8) is 0 Å². The van der Waals surface area contributed by atoms with Crippen LogP contribution in [-0.4, -0.2) is 5.25 Å². The summed E-state index contributed by atoms with van der Waals surface area (Å²) in [5.41, 5.74) is 0.776. The van der Waals surface area contributed by atoms with Gasteiger partial charge in [-0.25, -0.2) is 0 Å². The number of rotatable bonds is 0. The molecular formula is C14H28S. The Bertz CT molecular complexity index is 229. The molecule has 0 aliphatic heterocycles. The van der Waals surface area contributed by atoms with Gasteiger partial charge in [0, 0.05) is 5.25 Å².